The maximum atomic E-state index is 13.0. The summed E-state index contributed by atoms with van der Waals surface area (Å²) < 4.78 is 0. The predicted octanol–water partition coefficient (Wildman–Crippen LogP) is 3.90. The molecule has 9 nitrogen and oxygen atoms in total. The Morgan fingerprint density at radius 2 is 1.74 bits per heavy atom. The van der Waals surface area contributed by atoms with Crippen LogP contribution in [0.4, 0.5) is 5.69 Å². The van der Waals surface area contributed by atoms with Gasteiger partial charge in [-0.1, -0.05) is 47.5 Å². The van der Waals surface area contributed by atoms with Gasteiger partial charge in [-0.25, -0.2) is 4.79 Å². The first kappa shape index (κ1) is 28.4. The van der Waals surface area contributed by atoms with Crippen molar-refractivity contribution in [1.82, 2.24) is 15.2 Å². The van der Waals surface area contributed by atoms with E-state index >= 15 is 0 Å². The van der Waals surface area contributed by atoms with Crippen LogP contribution < -0.4 is 10.6 Å². The number of carbonyl (C=O) groups is 4. The van der Waals surface area contributed by atoms with Crippen molar-refractivity contribution >= 4 is 64.3 Å². The summed E-state index contributed by atoms with van der Waals surface area (Å²) >= 11 is 13.6. The number of aromatic nitrogens is 1. The van der Waals surface area contributed by atoms with Gasteiger partial charge in [-0.3, -0.25) is 19.4 Å². The van der Waals surface area contributed by atoms with Crippen LogP contribution in [0.3, 0.4) is 0 Å². The molecule has 3 aromatic rings. The van der Waals surface area contributed by atoms with Gasteiger partial charge in [0, 0.05) is 30.3 Å². The average Bonchev–Trinajstić information content (AvgIpc) is 3.40. The summed E-state index contributed by atoms with van der Waals surface area (Å²) in [6.07, 6.45) is 3.32. The zero-order valence-corrected chi connectivity index (χ0v) is 22.8. The zero-order chi connectivity index (χ0) is 27.9. The van der Waals surface area contributed by atoms with Crippen LogP contribution in [0.5, 0.6) is 0 Å². The van der Waals surface area contributed by atoms with Crippen molar-refractivity contribution in [2.45, 2.75) is 24.9 Å². The van der Waals surface area contributed by atoms with Crippen molar-refractivity contribution in [1.29, 1.82) is 0 Å². The van der Waals surface area contributed by atoms with Crippen LogP contribution >= 0.6 is 35.0 Å². The molecule has 1 aliphatic rings. The lowest BCUT2D eigenvalue weighted by atomic mass is 10.0. The van der Waals surface area contributed by atoms with Gasteiger partial charge in [0.1, 0.15) is 12.1 Å². The minimum atomic E-state index is -1.21. The van der Waals surface area contributed by atoms with Gasteiger partial charge in [-0.15, -0.1) is 11.8 Å². The second-order valence-corrected chi connectivity index (χ2v) is 10.6. The van der Waals surface area contributed by atoms with E-state index in [0.717, 1.165) is 5.56 Å². The molecule has 0 saturated carbocycles. The van der Waals surface area contributed by atoms with Crippen molar-refractivity contribution in [3.63, 3.8) is 0 Å². The highest BCUT2D eigenvalue weighted by molar-refractivity contribution is 7.99. The second kappa shape index (κ2) is 13.0. The molecule has 202 valence electrons. The fourth-order valence-electron chi connectivity index (χ4n) is 4.02. The minimum absolute atomic E-state index is 0.00906. The molecule has 3 amide bonds. The number of carboxylic acid groups (broad SMARTS) is 1. The molecule has 1 fully saturated rings. The van der Waals surface area contributed by atoms with Crippen molar-refractivity contribution in [2.24, 2.45) is 0 Å². The number of amides is 3. The molecule has 1 unspecified atom stereocenters. The number of hydrogen-bond donors (Lipinski definition) is 3. The van der Waals surface area contributed by atoms with Crippen LogP contribution in [0.25, 0.3) is 0 Å². The molecule has 2 heterocycles. The van der Waals surface area contributed by atoms with E-state index in [1.807, 2.05) is 0 Å². The topological polar surface area (TPSA) is 129 Å². The van der Waals surface area contributed by atoms with E-state index in [2.05, 4.69) is 15.6 Å². The molecular weight excluding hydrogens is 563 g/mol. The van der Waals surface area contributed by atoms with Crippen LogP contribution in [0.2, 0.25) is 10.0 Å². The van der Waals surface area contributed by atoms with Gasteiger partial charge in [-0.2, -0.15) is 0 Å². The number of benzene rings is 2. The third kappa shape index (κ3) is 7.29. The molecule has 1 aliphatic heterocycles. The van der Waals surface area contributed by atoms with Crippen LogP contribution in [-0.2, 0) is 27.2 Å². The second-order valence-electron chi connectivity index (χ2n) is 8.77. The maximum absolute atomic E-state index is 13.0. The number of halogens is 2. The smallest absolute Gasteiger partial charge is 0.326 e. The minimum Gasteiger partial charge on any atom is -0.480 e. The van der Waals surface area contributed by atoms with Gasteiger partial charge < -0.3 is 20.6 Å². The number of aliphatic carboxylic acids is 1. The van der Waals surface area contributed by atoms with Crippen LogP contribution in [0, 0.1) is 0 Å². The Bertz CT molecular complexity index is 1350. The fourth-order valence-corrected chi connectivity index (χ4v) is 5.77. The summed E-state index contributed by atoms with van der Waals surface area (Å²) in [5.41, 5.74) is 1.97. The highest BCUT2D eigenvalue weighted by Crippen LogP contribution is 2.26. The van der Waals surface area contributed by atoms with Crippen molar-refractivity contribution in [2.75, 3.05) is 16.9 Å². The number of hydrogen-bond acceptors (Lipinski definition) is 6. The van der Waals surface area contributed by atoms with Crippen LogP contribution in [0.1, 0.15) is 21.5 Å². The predicted molar refractivity (Wildman–Crippen MR) is 150 cm³/mol. The highest BCUT2D eigenvalue weighted by Gasteiger charge is 2.36. The number of carbonyl (C=O) groups excluding carboxylic acids is 3. The summed E-state index contributed by atoms with van der Waals surface area (Å²) in [5.74, 6) is -1.70. The number of anilines is 1. The van der Waals surface area contributed by atoms with Crippen LogP contribution in [-0.4, -0.2) is 62.4 Å². The molecular formula is C27H24Cl2N4O5S. The van der Waals surface area contributed by atoms with E-state index in [1.165, 1.54) is 16.7 Å². The number of nitrogens with one attached hydrogen (secondary N) is 2. The van der Waals surface area contributed by atoms with E-state index in [4.69, 9.17) is 23.2 Å². The lowest BCUT2D eigenvalue weighted by Gasteiger charge is -2.25. The number of nitrogens with zero attached hydrogens (tertiary/aromatic N) is 2. The Balaban J connectivity index is 1.37. The van der Waals surface area contributed by atoms with Crippen molar-refractivity contribution in [3.05, 3.63) is 93.7 Å². The Morgan fingerprint density at radius 3 is 2.38 bits per heavy atom. The van der Waals surface area contributed by atoms with Crippen LogP contribution in [0.15, 0.2) is 67.0 Å². The third-order valence-electron chi connectivity index (χ3n) is 6.04. The van der Waals surface area contributed by atoms with Gasteiger partial charge in [-0.05, 0) is 41.5 Å². The molecule has 1 aromatic heterocycles. The molecule has 1 saturated heterocycles. The molecule has 4 rings (SSSR count). The Labute approximate surface area is 238 Å². The normalized spacial score (nSPS) is 15.4. The standard InChI is InChI=1S/C27H24Cl2N4O5S/c28-19-4-1-5-20(29)24(19)26(36)31-18-8-6-16(7-9-18)11-21(27(37)38)32-25(35)22-14-39-15-33(22)23(34)12-17-3-2-10-30-13-17/h1-10,13,21-22H,11-12,14-15H2,(H,31,36)(H,32,35)(H,37,38)/t21-,22?/m0/s1. The summed E-state index contributed by atoms with van der Waals surface area (Å²) in [5, 5.41) is 15.5. The summed E-state index contributed by atoms with van der Waals surface area (Å²) in [7, 11) is 0. The Kier molecular flexibility index (Phi) is 9.45. The zero-order valence-electron chi connectivity index (χ0n) is 20.5. The quantitative estimate of drug-likeness (QED) is 0.347. The summed E-state index contributed by atoms with van der Waals surface area (Å²) in [4.78, 5) is 55.9. The lowest BCUT2D eigenvalue weighted by molar-refractivity contribution is -0.143. The SMILES string of the molecule is O=C(Nc1ccc(C[C@H](NC(=O)C2CSCN2C(=O)Cc2cccnc2)C(=O)O)cc1)c1c(Cl)cccc1Cl. The first-order valence-corrected chi connectivity index (χ1v) is 13.8. The van der Waals surface area contributed by atoms with Gasteiger partial charge in [0.15, 0.2) is 0 Å². The number of pyridine rings is 1. The van der Waals surface area contributed by atoms with E-state index in [0.29, 0.717) is 22.9 Å². The average molecular weight is 587 g/mol. The highest BCUT2D eigenvalue weighted by atomic mass is 35.5. The maximum Gasteiger partial charge on any atom is 0.326 e. The van der Waals surface area contributed by atoms with Gasteiger partial charge in [0.25, 0.3) is 5.91 Å². The van der Waals surface area contributed by atoms with E-state index < -0.39 is 29.9 Å². The Morgan fingerprint density at radius 1 is 1.03 bits per heavy atom. The number of carboxylic acids is 1. The summed E-state index contributed by atoms with van der Waals surface area (Å²) in [6, 6.07) is 12.8. The molecule has 12 heteroatoms. The molecule has 0 aliphatic carbocycles. The van der Waals surface area contributed by atoms with E-state index in [-0.39, 0.29) is 34.4 Å². The largest absolute Gasteiger partial charge is 0.480 e. The Hall–Kier alpha value is -3.60. The van der Waals surface area contributed by atoms with Gasteiger partial charge >= 0.3 is 5.97 Å². The summed E-state index contributed by atoms with van der Waals surface area (Å²) in [6.45, 7) is 0. The number of rotatable bonds is 9. The first-order valence-electron chi connectivity index (χ1n) is 11.9. The molecule has 39 heavy (non-hydrogen) atoms. The lowest BCUT2D eigenvalue weighted by Crippen LogP contribution is -2.52. The van der Waals surface area contributed by atoms with Gasteiger partial charge in [0.2, 0.25) is 11.8 Å². The monoisotopic (exact) mass is 586 g/mol. The fraction of sp³-hybridized carbons (Fsp3) is 0.222. The third-order valence-corrected chi connectivity index (χ3v) is 7.68. The van der Waals surface area contributed by atoms with E-state index in [1.54, 1.807) is 67.0 Å². The first-order chi connectivity index (χ1) is 18.7. The van der Waals surface area contributed by atoms with E-state index in [9.17, 15) is 24.3 Å². The molecule has 0 bridgehead atoms. The van der Waals surface area contributed by atoms with Gasteiger partial charge in [0.05, 0.1) is 27.9 Å². The molecule has 0 spiro atoms. The number of thioether (sulfide) groups is 1. The van der Waals surface area contributed by atoms with Crippen molar-refractivity contribution < 1.29 is 24.3 Å². The molecule has 0 radical (unpaired) electrons. The molecule has 3 N–H and O–H groups in total. The van der Waals surface area contributed by atoms with Crippen molar-refractivity contribution in [3.8, 4) is 0 Å². The molecule has 2 aromatic carbocycles. The molecule has 2 atom stereocenters.